The molecule has 0 amide bonds. The van der Waals surface area contributed by atoms with E-state index in [-0.39, 0.29) is 0 Å². The molecule has 0 atom stereocenters. The Kier molecular flexibility index (Phi) is 5.10. The van der Waals surface area contributed by atoms with Gasteiger partial charge in [0.2, 0.25) is 0 Å². The van der Waals surface area contributed by atoms with Crippen molar-refractivity contribution >= 4 is 34.1 Å². The van der Waals surface area contributed by atoms with Gasteiger partial charge in [-0.1, -0.05) is 84.9 Å². The molecule has 1 fully saturated rings. The van der Waals surface area contributed by atoms with Crippen molar-refractivity contribution in [3.63, 3.8) is 0 Å². The van der Waals surface area contributed by atoms with Crippen molar-refractivity contribution in [1.82, 2.24) is 0 Å². The largest absolute Gasteiger partial charge is 0.495 e. The third-order valence-corrected chi connectivity index (χ3v) is 7.70. The fraction of sp³-hybridized carbons (Fsp3) is 0.188. The molecule has 1 saturated heterocycles. The molecule has 3 heteroatoms. The Labute approximate surface area is 207 Å². The summed E-state index contributed by atoms with van der Waals surface area (Å²) in [5, 5.41) is 4.95. The molecule has 2 nitrogen and oxygen atoms in total. The van der Waals surface area contributed by atoms with Crippen LogP contribution in [0.1, 0.15) is 27.7 Å². The molecule has 0 spiro atoms. The molecule has 0 bridgehead atoms. The summed E-state index contributed by atoms with van der Waals surface area (Å²) in [6.45, 7) is 8.41. The SMILES string of the molecule is CC1(C)OB(c2ccc(-c3ccc4ccccc4c3)cc2-c2ccc3ccccc3c2)OC1(C)C. The summed E-state index contributed by atoms with van der Waals surface area (Å²) in [6.07, 6.45) is 0. The maximum Gasteiger partial charge on any atom is 0.495 e. The van der Waals surface area contributed by atoms with Crippen LogP contribution in [0.4, 0.5) is 0 Å². The lowest BCUT2D eigenvalue weighted by Gasteiger charge is -2.32. The lowest BCUT2D eigenvalue weighted by molar-refractivity contribution is 0.00578. The topological polar surface area (TPSA) is 18.5 Å². The smallest absolute Gasteiger partial charge is 0.399 e. The van der Waals surface area contributed by atoms with E-state index in [0.29, 0.717) is 0 Å². The van der Waals surface area contributed by atoms with Gasteiger partial charge in [-0.2, -0.15) is 0 Å². The van der Waals surface area contributed by atoms with Gasteiger partial charge in [0, 0.05) is 0 Å². The number of benzene rings is 5. The Morgan fingerprint density at radius 3 is 1.54 bits per heavy atom. The van der Waals surface area contributed by atoms with E-state index in [0.717, 1.165) is 16.6 Å². The third-order valence-electron chi connectivity index (χ3n) is 7.70. The number of rotatable bonds is 3. The number of hydrogen-bond donors (Lipinski definition) is 0. The van der Waals surface area contributed by atoms with Crippen LogP contribution in [0.2, 0.25) is 0 Å². The van der Waals surface area contributed by atoms with Crippen LogP contribution in [-0.2, 0) is 9.31 Å². The van der Waals surface area contributed by atoms with Crippen LogP contribution < -0.4 is 5.46 Å². The minimum Gasteiger partial charge on any atom is -0.399 e. The second kappa shape index (κ2) is 8.08. The third kappa shape index (κ3) is 3.85. The first kappa shape index (κ1) is 22.1. The minimum atomic E-state index is -0.424. The minimum absolute atomic E-state index is 0.394. The lowest BCUT2D eigenvalue weighted by atomic mass is 9.73. The van der Waals surface area contributed by atoms with E-state index in [1.165, 1.54) is 32.7 Å². The van der Waals surface area contributed by atoms with Crippen molar-refractivity contribution in [1.29, 1.82) is 0 Å². The van der Waals surface area contributed by atoms with Crippen LogP contribution in [0, 0.1) is 0 Å². The van der Waals surface area contributed by atoms with Crippen LogP contribution in [0.3, 0.4) is 0 Å². The molecular formula is C32H29BO2. The highest BCUT2D eigenvalue weighted by Gasteiger charge is 2.52. The predicted molar refractivity (Wildman–Crippen MR) is 148 cm³/mol. The van der Waals surface area contributed by atoms with E-state index in [4.69, 9.17) is 9.31 Å². The Morgan fingerprint density at radius 2 is 0.943 bits per heavy atom. The molecule has 35 heavy (non-hydrogen) atoms. The summed E-state index contributed by atoms with van der Waals surface area (Å²) >= 11 is 0. The molecule has 0 unspecified atom stereocenters. The van der Waals surface area contributed by atoms with Gasteiger partial charge in [0.1, 0.15) is 0 Å². The summed E-state index contributed by atoms with van der Waals surface area (Å²) in [5.41, 5.74) is 4.95. The van der Waals surface area contributed by atoms with E-state index in [1.54, 1.807) is 0 Å². The van der Waals surface area contributed by atoms with Gasteiger partial charge in [-0.3, -0.25) is 0 Å². The molecular weight excluding hydrogens is 427 g/mol. The number of hydrogen-bond acceptors (Lipinski definition) is 2. The van der Waals surface area contributed by atoms with Crippen LogP contribution in [-0.4, -0.2) is 18.3 Å². The summed E-state index contributed by atoms with van der Waals surface area (Å²) in [6, 6.07) is 37.0. The zero-order valence-electron chi connectivity index (χ0n) is 20.7. The van der Waals surface area contributed by atoms with Crippen molar-refractivity contribution in [2.75, 3.05) is 0 Å². The first-order valence-corrected chi connectivity index (χ1v) is 12.3. The van der Waals surface area contributed by atoms with Crippen LogP contribution in [0.15, 0.2) is 103 Å². The summed E-state index contributed by atoms with van der Waals surface area (Å²) < 4.78 is 13.0. The van der Waals surface area contributed by atoms with Crippen molar-refractivity contribution in [3.05, 3.63) is 103 Å². The fourth-order valence-corrected chi connectivity index (χ4v) is 4.89. The van der Waals surface area contributed by atoms with Crippen molar-refractivity contribution in [2.45, 2.75) is 38.9 Å². The quantitative estimate of drug-likeness (QED) is 0.260. The molecule has 0 aromatic heterocycles. The molecule has 1 aliphatic rings. The molecule has 1 aliphatic heterocycles. The van der Waals surface area contributed by atoms with Gasteiger partial charge in [-0.05, 0) is 95.2 Å². The summed E-state index contributed by atoms with van der Waals surface area (Å²) in [4.78, 5) is 0. The van der Waals surface area contributed by atoms with Crippen LogP contribution >= 0.6 is 0 Å². The first-order chi connectivity index (χ1) is 16.8. The van der Waals surface area contributed by atoms with E-state index in [1.807, 2.05) is 0 Å². The molecule has 5 aromatic carbocycles. The molecule has 0 aliphatic carbocycles. The van der Waals surface area contributed by atoms with Gasteiger partial charge in [-0.25, -0.2) is 0 Å². The van der Waals surface area contributed by atoms with Crippen LogP contribution in [0.25, 0.3) is 43.8 Å². The Hall–Kier alpha value is -3.40. The van der Waals surface area contributed by atoms with Crippen LogP contribution in [0.5, 0.6) is 0 Å². The van der Waals surface area contributed by atoms with Crippen molar-refractivity contribution in [3.8, 4) is 22.3 Å². The van der Waals surface area contributed by atoms with Gasteiger partial charge < -0.3 is 9.31 Å². The van der Waals surface area contributed by atoms with Crippen molar-refractivity contribution in [2.24, 2.45) is 0 Å². The van der Waals surface area contributed by atoms with Gasteiger partial charge in [0.25, 0.3) is 0 Å². The van der Waals surface area contributed by atoms with Crippen molar-refractivity contribution < 1.29 is 9.31 Å². The second-order valence-electron chi connectivity index (χ2n) is 10.5. The fourth-order valence-electron chi connectivity index (χ4n) is 4.89. The van der Waals surface area contributed by atoms with E-state index in [2.05, 4.69) is 131 Å². The van der Waals surface area contributed by atoms with E-state index in [9.17, 15) is 0 Å². The Bertz CT molecular complexity index is 1550. The van der Waals surface area contributed by atoms with Gasteiger partial charge >= 0.3 is 7.12 Å². The zero-order valence-corrected chi connectivity index (χ0v) is 20.7. The maximum atomic E-state index is 6.48. The molecule has 6 rings (SSSR count). The average Bonchev–Trinajstić information content (AvgIpc) is 3.09. The van der Waals surface area contributed by atoms with E-state index < -0.39 is 18.3 Å². The molecule has 5 aromatic rings. The average molecular weight is 456 g/mol. The van der Waals surface area contributed by atoms with E-state index >= 15 is 0 Å². The first-order valence-electron chi connectivity index (χ1n) is 12.3. The monoisotopic (exact) mass is 456 g/mol. The highest BCUT2D eigenvalue weighted by molar-refractivity contribution is 6.64. The maximum absolute atomic E-state index is 6.48. The molecule has 1 heterocycles. The van der Waals surface area contributed by atoms with Gasteiger partial charge in [0.15, 0.2) is 0 Å². The highest BCUT2D eigenvalue weighted by atomic mass is 16.7. The number of fused-ring (bicyclic) bond motifs is 2. The second-order valence-corrected chi connectivity index (χ2v) is 10.5. The zero-order chi connectivity index (χ0) is 24.2. The molecule has 172 valence electrons. The molecule has 0 saturated carbocycles. The predicted octanol–water partition coefficient (Wildman–Crippen LogP) is 7.63. The Balaban J connectivity index is 1.52. The Morgan fingerprint density at radius 1 is 0.486 bits per heavy atom. The van der Waals surface area contributed by atoms with Gasteiger partial charge in [-0.15, -0.1) is 0 Å². The standard InChI is InChI=1S/C32H29BO2/c1-31(2)32(3,4)35-33(34-31)30-18-17-27(26-15-13-22-9-5-7-11-24(22)19-26)21-29(30)28-16-14-23-10-6-8-12-25(23)20-28/h5-21H,1-4H3. The summed E-state index contributed by atoms with van der Waals surface area (Å²) in [7, 11) is -0.424. The normalized spacial score (nSPS) is 16.7. The highest BCUT2D eigenvalue weighted by Crippen LogP contribution is 2.38. The summed E-state index contributed by atoms with van der Waals surface area (Å²) in [5.74, 6) is 0. The van der Waals surface area contributed by atoms with Gasteiger partial charge in [0.05, 0.1) is 11.2 Å². The molecule has 0 N–H and O–H groups in total. The molecule has 0 radical (unpaired) electrons. The lowest BCUT2D eigenvalue weighted by Crippen LogP contribution is -2.41.